The van der Waals surface area contributed by atoms with E-state index in [0.717, 1.165) is 16.3 Å². The fourth-order valence-corrected chi connectivity index (χ4v) is 5.46. The van der Waals surface area contributed by atoms with Gasteiger partial charge in [0.2, 0.25) is 11.9 Å². The molecule has 0 aliphatic rings. The van der Waals surface area contributed by atoms with Gasteiger partial charge in [-0.1, -0.05) is 28.1 Å². The molecular weight excluding hydrogens is 803 g/mol. The molecular formula is C35H40BrFN10O5S2. The molecule has 0 aromatic carbocycles. The van der Waals surface area contributed by atoms with Gasteiger partial charge < -0.3 is 25.8 Å². The van der Waals surface area contributed by atoms with E-state index in [4.69, 9.17) is 16.6 Å². The van der Waals surface area contributed by atoms with Crippen LogP contribution in [0, 0.1) is 13.8 Å². The largest absolute Gasteiger partial charge is 0.466 e. The molecule has 54 heavy (non-hydrogen) atoms. The SMILES string of the molecule is CCOC(=O)CC(Br)C(=O)c1ccccn1.CCOC(=O)Cc1sc(Nc2nccc(C)n2)nc1-c1ccccn1.Cc1ccnc(NC(N)=S)n1.[2H]CF. The highest BCUT2D eigenvalue weighted by Gasteiger charge is 2.22. The highest BCUT2D eigenvalue weighted by molar-refractivity contribution is 9.10. The lowest BCUT2D eigenvalue weighted by atomic mass is 10.1. The number of carbonyl (C=O) groups excluding carboxylic acids is 3. The van der Waals surface area contributed by atoms with E-state index in [-0.39, 0.29) is 29.7 Å². The number of ketones is 1. The van der Waals surface area contributed by atoms with Crippen molar-refractivity contribution in [2.24, 2.45) is 5.73 Å². The third-order valence-electron chi connectivity index (χ3n) is 6.11. The van der Waals surface area contributed by atoms with Crippen molar-refractivity contribution in [1.29, 1.82) is 0 Å². The first kappa shape index (κ1) is 43.0. The van der Waals surface area contributed by atoms with Gasteiger partial charge >= 0.3 is 11.9 Å². The van der Waals surface area contributed by atoms with E-state index in [1.807, 2.05) is 38.1 Å². The van der Waals surface area contributed by atoms with E-state index in [0.29, 0.717) is 47.3 Å². The number of pyridine rings is 2. The van der Waals surface area contributed by atoms with Gasteiger partial charge in [0, 0.05) is 41.1 Å². The number of halogens is 2. The molecule has 0 fully saturated rings. The predicted molar refractivity (Wildman–Crippen MR) is 212 cm³/mol. The first-order valence-electron chi connectivity index (χ1n) is 16.7. The smallest absolute Gasteiger partial charge is 0.311 e. The molecule has 5 aromatic rings. The Kier molecular flexibility index (Phi) is 19.7. The third kappa shape index (κ3) is 16.5. The predicted octanol–water partition coefficient (Wildman–Crippen LogP) is 6.16. The number of thiazole rings is 1. The van der Waals surface area contributed by atoms with Crippen LogP contribution in [0.15, 0.2) is 73.3 Å². The summed E-state index contributed by atoms with van der Waals surface area (Å²) < 4.78 is 25.3. The molecule has 0 spiro atoms. The van der Waals surface area contributed by atoms with Gasteiger partial charge in [-0.05, 0) is 76.3 Å². The van der Waals surface area contributed by atoms with Gasteiger partial charge in [0.05, 0.1) is 45.1 Å². The first-order chi connectivity index (χ1) is 26.4. The van der Waals surface area contributed by atoms with Gasteiger partial charge in [-0.2, -0.15) is 0 Å². The summed E-state index contributed by atoms with van der Waals surface area (Å²) in [5.74, 6) is 0.00509. The van der Waals surface area contributed by atoms with Gasteiger partial charge in [0.25, 0.3) is 0 Å². The third-order valence-corrected chi connectivity index (χ3v) is 7.92. The molecule has 5 heterocycles. The van der Waals surface area contributed by atoms with Crippen molar-refractivity contribution in [2.75, 3.05) is 31.0 Å². The van der Waals surface area contributed by atoms with Crippen molar-refractivity contribution < 1.29 is 29.6 Å². The Morgan fingerprint density at radius 1 is 0.889 bits per heavy atom. The number of nitrogens with one attached hydrogen (secondary N) is 2. The van der Waals surface area contributed by atoms with Crippen LogP contribution >= 0.6 is 39.5 Å². The molecule has 5 aromatic heterocycles. The number of aryl methyl sites for hydroxylation is 2. The molecule has 0 saturated carbocycles. The number of aromatic nitrogens is 7. The molecule has 4 N–H and O–H groups in total. The number of hydrogen-bond acceptors (Lipinski definition) is 15. The topological polar surface area (TPSA) is 210 Å². The zero-order valence-corrected chi connectivity index (χ0v) is 33.1. The fraction of sp³-hybridized carbons (Fsp3) is 0.286. The lowest BCUT2D eigenvalue weighted by Crippen LogP contribution is -2.20. The van der Waals surface area contributed by atoms with E-state index in [2.05, 4.69) is 73.7 Å². The fourth-order valence-electron chi connectivity index (χ4n) is 3.92. The molecule has 0 aliphatic carbocycles. The second-order valence-electron chi connectivity index (χ2n) is 10.2. The number of esters is 2. The van der Waals surface area contributed by atoms with Crippen LogP contribution in [-0.2, 0) is 25.5 Å². The summed E-state index contributed by atoms with van der Waals surface area (Å²) in [7, 11) is -1.00. The van der Waals surface area contributed by atoms with Crippen LogP contribution in [0.5, 0.6) is 0 Å². The Hall–Kier alpha value is -5.40. The van der Waals surface area contributed by atoms with Gasteiger partial charge in [0.15, 0.2) is 16.0 Å². The summed E-state index contributed by atoms with van der Waals surface area (Å²) in [4.78, 5) is 64.3. The van der Waals surface area contributed by atoms with Crippen LogP contribution in [0.1, 0.15) is 48.4 Å². The summed E-state index contributed by atoms with van der Waals surface area (Å²) in [5, 5.41) is 6.50. The molecule has 0 radical (unpaired) electrons. The van der Waals surface area contributed by atoms with Crippen molar-refractivity contribution in [2.45, 2.75) is 45.4 Å². The number of anilines is 3. The highest BCUT2D eigenvalue weighted by atomic mass is 79.9. The minimum absolute atomic E-state index is 0.0171. The van der Waals surface area contributed by atoms with Gasteiger partial charge in [-0.15, -0.1) is 11.3 Å². The van der Waals surface area contributed by atoms with Crippen LogP contribution in [0.3, 0.4) is 0 Å². The number of Topliss-reactive ketones (excluding diaryl/α,β-unsaturated/α-hetero) is 1. The van der Waals surface area contributed by atoms with Gasteiger partial charge in [0.1, 0.15) is 11.4 Å². The molecule has 5 rings (SSSR count). The molecule has 0 amide bonds. The van der Waals surface area contributed by atoms with Crippen molar-refractivity contribution in [3.63, 3.8) is 0 Å². The van der Waals surface area contributed by atoms with Crippen LogP contribution in [0.2, 0.25) is 0 Å². The van der Waals surface area contributed by atoms with Crippen LogP contribution in [-0.4, -0.2) is 82.9 Å². The Balaban J connectivity index is 0.000000298. The lowest BCUT2D eigenvalue weighted by molar-refractivity contribution is -0.143. The second kappa shape index (κ2) is 24.8. The maximum Gasteiger partial charge on any atom is 0.311 e. The second-order valence-corrected chi connectivity index (χ2v) is 12.8. The molecule has 0 saturated heterocycles. The zero-order chi connectivity index (χ0) is 40.6. The number of alkyl halides is 2. The van der Waals surface area contributed by atoms with Crippen LogP contribution < -0.4 is 16.4 Å². The number of carbonyl (C=O) groups is 3. The number of nitrogens with zero attached hydrogens (tertiary/aromatic N) is 7. The number of thiocarbonyl (C=S) groups is 1. The molecule has 286 valence electrons. The summed E-state index contributed by atoms with van der Waals surface area (Å²) in [6.07, 6.45) is 6.72. The van der Waals surface area contributed by atoms with Crippen molar-refractivity contribution in [1.82, 2.24) is 34.9 Å². The Morgan fingerprint density at radius 3 is 2.04 bits per heavy atom. The lowest BCUT2D eigenvalue weighted by Gasteiger charge is -2.07. The highest BCUT2D eigenvalue weighted by Crippen LogP contribution is 2.32. The summed E-state index contributed by atoms with van der Waals surface area (Å²) in [5.41, 5.74) is 8.65. The average molecular weight is 845 g/mol. The van der Waals surface area contributed by atoms with Gasteiger partial charge in [-0.3, -0.25) is 28.7 Å². The maximum absolute atomic E-state index is 11.9. The maximum atomic E-state index is 11.9. The minimum Gasteiger partial charge on any atom is -0.466 e. The van der Waals surface area contributed by atoms with Crippen molar-refractivity contribution in [3.05, 3.63) is 95.3 Å². The minimum atomic E-state index is -1.00. The van der Waals surface area contributed by atoms with E-state index in [1.165, 1.54) is 17.5 Å². The summed E-state index contributed by atoms with van der Waals surface area (Å²) in [6, 6.07) is 14.3. The van der Waals surface area contributed by atoms with Crippen molar-refractivity contribution >= 4 is 79.3 Å². The van der Waals surface area contributed by atoms with Gasteiger partial charge in [-0.25, -0.2) is 24.9 Å². The van der Waals surface area contributed by atoms with E-state index in [1.54, 1.807) is 56.7 Å². The number of rotatable bonds is 12. The number of nitrogens with two attached hydrogens (primary N) is 1. The average Bonchev–Trinajstić information content (AvgIpc) is 3.54. The molecule has 1 unspecified atom stereocenters. The van der Waals surface area contributed by atoms with Crippen LogP contribution in [0.25, 0.3) is 11.4 Å². The Bertz CT molecular complexity index is 1950. The normalized spacial score (nSPS) is 10.6. The van der Waals surface area contributed by atoms with Crippen LogP contribution in [0.4, 0.5) is 21.4 Å². The molecule has 0 bridgehead atoms. The zero-order valence-electron chi connectivity index (χ0n) is 30.9. The number of ether oxygens (including phenoxy) is 2. The standard InChI is InChI=1S/C17H17N5O2S.C11H12BrNO3.C6H8N4S.CH3F/c1-3-24-14(23)10-13-15(12-6-4-5-8-18-12)21-17(25-13)22-16-19-9-7-11(2)20-16;1-2-16-10(14)7-8(12)11(15)9-5-3-4-6-13-9;1-4-2-3-8-6(9-4)10-5(7)11;1-2/h4-9H,3,10H2,1-2H3,(H,19,20,21,22);3-6,8H,2,7H2,1H3;2-3H,1H3,(H3,7,8,9,10,11);1H3/i;;;1D. The molecule has 0 aliphatic heterocycles. The quantitative estimate of drug-likeness (QED) is 0.0556. The Labute approximate surface area is 331 Å². The molecule has 15 nitrogen and oxygen atoms in total. The Morgan fingerprint density at radius 2 is 1.48 bits per heavy atom. The summed E-state index contributed by atoms with van der Waals surface area (Å²) >= 11 is 9.13. The number of hydrogen-bond donors (Lipinski definition) is 3. The van der Waals surface area contributed by atoms with E-state index < -0.39 is 18.0 Å². The molecule has 1 atom stereocenters. The van der Waals surface area contributed by atoms with E-state index >= 15 is 0 Å². The van der Waals surface area contributed by atoms with Crippen molar-refractivity contribution in [3.8, 4) is 11.4 Å². The summed E-state index contributed by atoms with van der Waals surface area (Å²) in [6.45, 7) is 7.93. The first-order valence-corrected chi connectivity index (χ1v) is 18.1. The monoisotopic (exact) mass is 843 g/mol. The van der Waals surface area contributed by atoms with E-state index in [9.17, 15) is 18.8 Å². The molecule has 19 heteroatoms.